The van der Waals surface area contributed by atoms with Crippen LogP contribution in [-0.2, 0) is 17.7 Å². The van der Waals surface area contributed by atoms with E-state index in [1.54, 1.807) is 0 Å². The Balaban J connectivity index is 1.45. The third-order valence-electron chi connectivity index (χ3n) is 5.49. The van der Waals surface area contributed by atoms with Crippen LogP contribution in [0.15, 0.2) is 53.5 Å². The Labute approximate surface area is 180 Å². The average Bonchev–Trinajstić information content (AvgIpc) is 2.79. The van der Waals surface area contributed by atoms with Gasteiger partial charge in [0.05, 0.1) is 6.54 Å². The third kappa shape index (κ3) is 7.04. The summed E-state index contributed by atoms with van der Waals surface area (Å²) in [5.74, 6) is 1.27. The quantitative estimate of drug-likeness (QED) is 0.488. The number of benzene rings is 2. The van der Waals surface area contributed by atoms with Crippen LogP contribution in [0, 0.1) is 0 Å². The molecule has 1 aliphatic rings. The molecule has 0 atom stereocenters. The Morgan fingerprint density at radius 1 is 1.17 bits per heavy atom. The SMILES string of the molecule is CCc1ccc(NC(N)=NCc2cccc(OCCN(C)C3CCOCC3)c2)cc1. The van der Waals surface area contributed by atoms with Gasteiger partial charge in [0.1, 0.15) is 12.4 Å². The predicted molar refractivity (Wildman–Crippen MR) is 123 cm³/mol. The molecule has 0 spiro atoms. The van der Waals surface area contributed by atoms with Crippen LogP contribution in [0.5, 0.6) is 5.75 Å². The monoisotopic (exact) mass is 410 g/mol. The molecule has 3 rings (SSSR count). The Morgan fingerprint density at radius 3 is 2.67 bits per heavy atom. The first-order chi connectivity index (χ1) is 14.6. The lowest BCUT2D eigenvalue weighted by atomic mass is 10.1. The lowest BCUT2D eigenvalue weighted by Crippen LogP contribution is -2.38. The number of likely N-dealkylation sites (N-methyl/N-ethyl adjacent to an activating group) is 1. The summed E-state index contributed by atoms with van der Waals surface area (Å²) in [7, 11) is 2.16. The molecule has 2 aromatic carbocycles. The lowest BCUT2D eigenvalue weighted by Gasteiger charge is -2.31. The van der Waals surface area contributed by atoms with Crippen LogP contribution in [0.1, 0.15) is 30.9 Å². The maximum Gasteiger partial charge on any atom is 0.193 e. The van der Waals surface area contributed by atoms with Crippen molar-refractivity contribution in [1.82, 2.24) is 4.90 Å². The summed E-state index contributed by atoms with van der Waals surface area (Å²) < 4.78 is 11.4. The van der Waals surface area contributed by atoms with Gasteiger partial charge in [-0.2, -0.15) is 0 Å². The molecule has 0 unspecified atom stereocenters. The summed E-state index contributed by atoms with van der Waals surface area (Å²) in [4.78, 5) is 6.82. The second kappa shape index (κ2) is 11.6. The fraction of sp³-hybridized carbons (Fsp3) is 0.458. The van der Waals surface area contributed by atoms with Crippen molar-refractivity contribution in [3.8, 4) is 5.75 Å². The topological polar surface area (TPSA) is 72.1 Å². The number of aryl methyl sites for hydroxylation is 1. The van der Waals surface area contributed by atoms with E-state index < -0.39 is 0 Å². The molecule has 6 heteroatoms. The van der Waals surface area contributed by atoms with Gasteiger partial charge in [-0.15, -0.1) is 0 Å². The van der Waals surface area contributed by atoms with Gasteiger partial charge in [0.15, 0.2) is 5.96 Å². The van der Waals surface area contributed by atoms with Crippen LogP contribution >= 0.6 is 0 Å². The standard InChI is InChI=1S/C24H34N4O2/c1-3-19-7-9-21(10-8-19)27-24(25)26-18-20-5-4-6-23(17-20)30-16-13-28(2)22-11-14-29-15-12-22/h4-10,17,22H,3,11-16,18H2,1-2H3,(H3,25,26,27). The van der Waals surface area contributed by atoms with E-state index in [2.05, 4.69) is 41.3 Å². The van der Waals surface area contributed by atoms with E-state index in [1.165, 1.54) is 5.56 Å². The maximum atomic E-state index is 6.04. The van der Waals surface area contributed by atoms with E-state index in [9.17, 15) is 0 Å². The molecule has 0 saturated carbocycles. The van der Waals surface area contributed by atoms with Crippen molar-refractivity contribution in [3.05, 3.63) is 59.7 Å². The summed E-state index contributed by atoms with van der Waals surface area (Å²) in [5.41, 5.74) is 9.35. The molecular weight excluding hydrogens is 376 g/mol. The fourth-order valence-corrected chi connectivity index (χ4v) is 3.54. The lowest BCUT2D eigenvalue weighted by molar-refractivity contribution is 0.0392. The average molecular weight is 411 g/mol. The normalized spacial score (nSPS) is 15.4. The van der Waals surface area contributed by atoms with E-state index in [0.29, 0.717) is 25.2 Å². The van der Waals surface area contributed by atoms with E-state index in [1.807, 2.05) is 36.4 Å². The zero-order chi connectivity index (χ0) is 21.2. The van der Waals surface area contributed by atoms with Crippen molar-refractivity contribution in [2.45, 2.75) is 38.8 Å². The Hall–Kier alpha value is -2.57. The molecule has 1 heterocycles. The molecule has 0 radical (unpaired) electrons. The predicted octanol–water partition coefficient (Wildman–Crippen LogP) is 3.67. The molecule has 3 N–H and O–H groups in total. The second-order valence-electron chi connectivity index (χ2n) is 7.70. The summed E-state index contributed by atoms with van der Waals surface area (Å²) in [6.45, 7) is 5.94. The van der Waals surface area contributed by atoms with Gasteiger partial charge in [-0.3, -0.25) is 4.90 Å². The van der Waals surface area contributed by atoms with Gasteiger partial charge in [-0.25, -0.2) is 4.99 Å². The minimum Gasteiger partial charge on any atom is -0.492 e. The van der Waals surface area contributed by atoms with Crippen molar-refractivity contribution in [2.75, 3.05) is 38.7 Å². The van der Waals surface area contributed by atoms with Gasteiger partial charge >= 0.3 is 0 Å². The van der Waals surface area contributed by atoms with Gasteiger partial charge in [0.25, 0.3) is 0 Å². The zero-order valence-electron chi connectivity index (χ0n) is 18.1. The molecule has 6 nitrogen and oxygen atoms in total. The van der Waals surface area contributed by atoms with Gasteiger partial charge in [-0.1, -0.05) is 31.2 Å². The Morgan fingerprint density at radius 2 is 1.93 bits per heavy atom. The van der Waals surface area contributed by atoms with Crippen LogP contribution in [-0.4, -0.2) is 50.3 Å². The minimum atomic E-state index is 0.406. The fourth-order valence-electron chi connectivity index (χ4n) is 3.54. The van der Waals surface area contributed by atoms with Gasteiger partial charge in [-0.05, 0) is 61.7 Å². The number of nitrogens with two attached hydrogens (primary N) is 1. The molecule has 30 heavy (non-hydrogen) atoms. The number of rotatable bonds is 9. The van der Waals surface area contributed by atoms with E-state index in [0.717, 1.165) is 56.0 Å². The molecule has 2 aromatic rings. The molecular formula is C24H34N4O2. The molecule has 1 fully saturated rings. The number of guanidine groups is 1. The first kappa shape index (κ1) is 22.1. The highest BCUT2D eigenvalue weighted by atomic mass is 16.5. The van der Waals surface area contributed by atoms with Crippen molar-refractivity contribution < 1.29 is 9.47 Å². The van der Waals surface area contributed by atoms with Crippen LogP contribution in [0.4, 0.5) is 5.69 Å². The van der Waals surface area contributed by atoms with Crippen LogP contribution in [0.2, 0.25) is 0 Å². The Kier molecular flexibility index (Phi) is 8.53. The molecule has 0 amide bonds. The third-order valence-corrected chi connectivity index (χ3v) is 5.49. The zero-order valence-corrected chi connectivity index (χ0v) is 18.1. The minimum absolute atomic E-state index is 0.406. The van der Waals surface area contributed by atoms with E-state index in [4.69, 9.17) is 15.2 Å². The molecule has 162 valence electrons. The molecule has 0 bridgehead atoms. The molecule has 1 saturated heterocycles. The second-order valence-corrected chi connectivity index (χ2v) is 7.70. The van der Waals surface area contributed by atoms with E-state index >= 15 is 0 Å². The molecule has 1 aliphatic heterocycles. The number of anilines is 1. The van der Waals surface area contributed by atoms with Gasteiger partial charge in [0, 0.05) is 31.5 Å². The highest BCUT2D eigenvalue weighted by molar-refractivity contribution is 5.92. The van der Waals surface area contributed by atoms with Crippen molar-refractivity contribution in [3.63, 3.8) is 0 Å². The number of nitrogens with zero attached hydrogens (tertiary/aromatic N) is 2. The van der Waals surface area contributed by atoms with Crippen LogP contribution in [0.3, 0.4) is 0 Å². The van der Waals surface area contributed by atoms with Crippen molar-refractivity contribution >= 4 is 11.6 Å². The first-order valence-electron chi connectivity index (χ1n) is 10.8. The van der Waals surface area contributed by atoms with Crippen molar-refractivity contribution in [1.29, 1.82) is 0 Å². The maximum absolute atomic E-state index is 6.04. The Bertz CT molecular complexity index is 801. The summed E-state index contributed by atoms with van der Waals surface area (Å²) in [6.07, 6.45) is 3.22. The highest BCUT2D eigenvalue weighted by Gasteiger charge is 2.17. The van der Waals surface area contributed by atoms with Crippen LogP contribution in [0.25, 0.3) is 0 Å². The summed E-state index contributed by atoms with van der Waals surface area (Å²) in [5, 5.41) is 3.14. The largest absolute Gasteiger partial charge is 0.492 e. The van der Waals surface area contributed by atoms with Crippen molar-refractivity contribution in [2.24, 2.45) is 10.7 Å². The number of hydrogen-bond donors (Lipinski definition) is 2. The smallest absolute Gasteiger partial charge is 0.193 e. The van der Waals surface area contributed by atoms with E-state index in [-0.39, 0.29) is 0 Å². The number of aliphatic imine (C=N–C) groups is 1. The van der Waals surface area contributed by atoms with Gasteiger partial charge < -0.3 is 20.5 Å². The first-order valence-corrected chi connectivity index (χ1v) is 10.8. The molecule has 0 aliphatic carbocycles. The summed E-state index contributed by atoms with van der Waals surface area (Å²) >= 11 is 0. The summed E-state index contributed by atoms with van der Waals surface area (Å²) in [6, 6.07) is 16.9. The number of hydrogen-bond acceptors (Lipinski definition) is 4. The van der Waals surface area contributed by atoms with Gasteiger partial charge in [0.2, 0.25) is 0 Å². The van der Waals surface area contributed by atoms with Crippen LogP contribution < -0.4 is 15.8 Å². The number of ether oxygens (including phenoxy) is 2. The number of nitrogens with one attached hydrogen (secondary N) is 1. The molecule has 0 aromatic heterocycles. The highest BCUT2D eigenvalue weighted by Crippen LogP contribution is 2.16.